The third-order valence-corrected chi connectivity index (χ3v) is 2.16. The van der Waals surface area contributed by atoms with E-state index in [2.05, 4.69) is 39.8 Å². The summed E-state index contributed by atoms with van der Waals surface area (Å²) in [6, 6.07) is 0. The van der Waals surface area contributed by atoms with Crippen LogP contribution in [0.4, 0.5) is 0 Å². The van der Waals surface area contributed by atoms with Crippen LogP contribution in [-0.4, -0.2) is 0 Å². The highest BCUT2D eigenvalue weighted by atomic mass is 14.1. The van der Waals surface area contributed by atoms with Crippen LogP contribution < -0.4 is 0 Å². The maximum absolute atomic E-state index is 2.33. The lowest BCUT2D eigenvalue weighted by molar-refractivity contribution is 0.395. The van der Waals surface area contributed by atoms with E-state index in [-0.39, 0.29) is 0 Å². The predicted octanol–water partition coefficient (Wildman–Crippen LogP) is 3.63. The molecule has 0 nitrogen and oxygen atoms in total. The first-order valence-corrected chi connectivity index (χ1v) is 4.29. The Morgan fingerprint density at radius 2 is 1.80 bits per heavy atom. The fraction of sp³-hybridized carbons (Fsp3) is 0.800. The zero-order valence-corrected chi connectivity index (χ0v) is 7.72. The van der Waals surface area contributed by atoms with Gasteiger partial charge in [0.15, 0.2) is 0 Å². The summed E-state index contributed by atoms with van der Waals surface area (Å²) < 4.78 is 0. The van der Waals surface area contributed by atoms with Gasteiger partial charge in [-0.25, -0.2) is 0 Å². The smallest absolute Gasteiger partial charge is 0.0348 e. The summed E-state index contributed by atoms with van der Waals surface area (Å²) in [6.45, 7) is 8.99. The molecule has 0 heteroatoms. The van der Waals surface area contributed by atoms with Gasteiger partial charge < -0.3 is 0 Å². The molecule has 0 bridgehead atoms. The van der Waals surface area contributed by atoms with Crippen LogP contribution in [0.3, 0.4) is 0 Å². The van der Waals surface area contributed by atoms with Crippen molar-refractivity contribution >= 4 is 0 Å². The number of rotatable bonds is 4. The number of hydrogen-bond donors (Lipinski definition) is 0. The summed E-state index contributed by atoms with van der Waals surface area (Å²) in [5, 5.41) is 0. The van der Waals surface area contributed by atoms with Crippen LogP contribution in [0, 0.1) is 11.8 Å². The maximum atomic E-state index is 2.33. The summed E-state index contributed by atoms with van der Waals surface area (Å²) in [5.41, 5.74) is 0. The van der Waals surface area contributed by atoms with Crippen molar-refractivity contribution < 1.29 is 0 Å². The van der Waals surface area contributed by atoms with Gasteiger partial charge in [0, 0.05) is 0 Å². The molecular weight excluding hydrogens is 120 g/mol. The second-order valence-corrected chi connectivity index (χ2v) is 3.37. The molecule has 0 aliphatic rings. The van der Waals surface area contributed by atoms with Crippen molar-refractivity contribution in [1.29, 1.82) is 0 Å². The molecule has 60 valence electrons. The van der Waals surface area contributed by atoms with E-state index in [1.807, 2.05) is 0 Å². The number of hydrogen-bond acceptors (Lipinski definition) is 0. The molecule has 0 spiro atoms. The Bertz CT molecular complexity index is 90.2. The van der Waals surface area contributed by atoms with Gasteiger partial charge in [-0.3, -0.25) is 0 Å². The molecule has 1 atom stereocenters. The largest absolute Gasteiger partial charge is 0.0917 e. The van der Waals surface area contributed by atoms with Crippen LogP contribution >= 0.6 is 0 Å². The van der Waals surface area contributed by atoms with Gasteiger partial charge >= 0.3 is 0 Å². The highest BCUT2D eigenvalue weighted by molar-refractivity contribution is 4.77. The van der Waals surface area contributed by atoms with Crippen LogP contribution in [-0.2, 0) is 0 Å². The van der Waals surface area contributed by atoms with Gasteiger partial charge in [-0.15, -0.1) is 0 Å². The van der Waals surface area contributed by atoms with Crippen molar-refractivity contribution in [3.63, 3.8) is 0 Å². The number of allylic oxidation sites excluding steroid dienone is 2. The summed E-state index contributed by atoms with van der Waals surface area (Å²) >= 11 is 0. The molecule has 0 aromatic carbocycles. The highest BCUT2D eigenvalue weighted by Crippen LogP contribution is 2.15. The van der Waals surface area contributed by atoms with Crippen LogP contribution in [0.15, 0.2) is 12.2 Å². The van der Waals surface area contributed by atoms with E-state index >= 15 is 0 Å². The first kappa shape index (κ1) is 9.74. The molecule has 0 N–H and O–H groups in total. The molecule has 0 aliphatic heterocycles. The zero-order chi connectivity index (χ0) is 7.98. The van der Waals surface area contributed by atoms with E-state index in [0.717, 1.165) is 11.8 Å². The zero-order valence-electron chi connectivity index (χ0n) is 7.72. The van der Waals surface area contributed by atoms with Gasteiger partial charge in [-0.2, -0.15) is 0 Å². The summed E-state index contributed by atoms with van der Waals surface area (Å²) in [4.78, 5) is 0. The topological polar surface area (TPSA) is 0 Å². The Hall–Kier alpha value is -0.260. The molecule has 10 heavy (non-hydrogen) atoms. The van der Waals surface area contributed by atoms with Crippen molar-refractivity contribution in [1.82, 2.24) is 0 Å². The Morgan fingerprint density at radius 3 is 2.20 bits per heavy atom. The van der Waals surface area contributed by atoms with Gasteiger partial charge in [0.2, 0.25) is 0 Å². The first-order chi connectivity index (χ1) is 4.68. The standard InChI is InChI=1S/C10H20/c1-5-6-7-8-10(4)9(2)3/h5-6,9-10H,7-8H2,1-4H3/b6-5+. The molecule has 1 unspecified atom stereocenters. The molecule has 0 saturated carbocycles. The van der Waals surface area contributed by atoms with E-state index in [0.29, 0.717) is 0 Å². The van der Waals surface area contributed by atoms with E-state index < -0.39 is 0 Å². The Kier molecular flexibility index (Phi) is 5.38. The van der Waals surface area contributed by atoms with E-state index in [9.17, 15) is 0 Å². The third kappa shape index (κ3) is 4.60. The van der Waals surface area contributed by atoms with Gasteiger partial charge in [0.1, 0.15) is 0 Å². The van der Waals surface area contributed by atoms with E-state index in [4.69, 9.17) is 0 Å². The minimum absolute atomic E-state index is 0.838. The molecule has 0 aromatic heterocycles. The molecular formula is C10H20. The van der Waals surface area contributed by atoms with Crippen molar-refractivity contribution in [2.45, 2.75) is 40.5 Å². The Balaban J connectivity index is 3.30. The van der Waals surface area contributed by atoms with E-state index in [1.165, 1.54) is 12.8 Å². The third-order valence-electron chi connectivity index (χ3n) is 2.16. The first-order valence-electron chi connectivity index (χ1n) is 4.29. The molecule has 0 fully saturated rings. The van der Waals surface area contributed by atoms with Crippen molar-refractivity contribution in [2.75, 3.05) is 0 Å². The average Bonchev–Trinajstić information content (AvgIpc) is 1.88. The summed E-state index contributed by atoms with van der Waals surface area (Å²) in [7, 11) is 0. The van der Waals surface area contributed by atoms with Crippen LogP contribution in [0.2, 0.25) is 0 Å². The molecule has 0 aromatic rings. The predicted molar refractivity (Wildman–Crippen MR) is 48.1 cm³/mol. The lowest BCUT2D eigenvalue weighted by Gasteiger charge is -2.13. The minimum Gasteiger partial charge on any atom is -0.0917 e. The highest BCUT2D eigenvalue weighted by Gasteiger charge is 2.04. The van der Waals surface area contributed by atoms with Gasteiger partial charge in [0.05, 0.1) is 0 Å². The van der Waals surface area contributed by atoms with Crippen molar-refractivity contribution in [2.24, 2.45) is 11.8 Å². The SMILES string of the molecule is C/C=C/CCC(C)C(C)C. The second-order valence-electron chi connectivity index (χ2n) is 3.37. The minimum atomic E-state index is 0.838. The molecule has 0 radical (unpaired) electrons. The normalized spacial score (nSPS) is 14.9. The van der Waals surface area contributed by atoms with Crippen molar-refractivity contribution in [3.8, 4) is 0 Å². The molecule has 0 saturated heterocycles. The Labute approximate surface area is 65.3 Å². The molecule has 0 aliphatic carbocycles. The fourth-order valence-corrected chi connectivity index (χ4v) is 0.859. The van der Waals surface area contributed by atoms with Crippen LogP contribution in [0.25, 0.3) is 0 Å². The molecule has 0 amide bonds. The average molecular weight is 140 g/mol. The molecule has 0 rings (SSSR count). The lowest BCUT2D eigenvalue weighted by Crippen LogP contribution is -2.02. The monoisotopic (exact) mass is 140 g/mol. The molecule has 0 heterocycles. The van der Waals surface area contributed by atoms with Crippen LogP contribution in [0.5, 0.6) is 0 Å². The van der Waals surface area contributed by atoms with E-state index in [1.54, 1.807) is 0 Å². The van der Waals surface area contributed by atoms with Crippen molar-refractivity contribution in [3.05, 3.63) is 12.2 Å². The Morgan fingerprint density at radius 1 is 1.20 bits per heavy atom. The summed E-state index contributed by atoms with van der Waals surface area (Å²) in [5.74, 6) is 1.71. The quantitative estimate of drug-likeness (QED) is 0.523. The van der Waals surface area contributed by atoms with Crippen LogP contribution in [0.1, 0.15) is 40.5 Å². The fourth-order valence-electron chi connectivity index (χ4n) is 0.859. The van der Waals surface area contributed by atoms with Gasteiger partial charge in [-0.1, -0.05) is 32.9 Å². The second kappa shape index (κ2) is 5.52. The van der Waals surface area contributed by atoms with Gasteiger partial charge in [0.25, 0.3) is 0 Å². The van der Waals surface area contributed by atoms with Gasteiger partial charge in [-0.05, 0) is 31.6 Å². The lowest BCUT2D eigenvalue weighted by atomic mass is 9.93. The summed E-state index contributed by atoms with van der Waals surface area (Å²) in [6.07, 6.45) is 6.96. The maximum Gasteiger partial charge on any atom is -0.0348 e.